The van der Waals surface area contributed by atoms with Crippen LogP contribution in [0.25, 0.3) is 16.2 Å². The van der Waals surface area contributed by atoms with E-state index in [4.69, 9.17) is 11.6 Å². The van der Waals surface area contributed by atoms with Crippen LogP contribution in [0.4, 0.5) is 0 Å². The zero-order valence-electron chi connectivity index (χ0n) is 8.63. The van der Waals surface area contributed by atoms with Crippen LogP contribution in [0.1, 0.15) is 10.5 Å². The number of pyridine rings is 1. The Morgan fingerprint density at radius 2 is 2.18 bits per heavy atom. The molecule has 3 heterocycles. The van der Waals surface area contributed by atoms with Gasteiger partial charge in [0.2, 0.25) is 0 Å². The zero-order chi connectivity index (χ0) is 11.8. The number of aromatic nitrogens is 2. The average molecular weight is 263 g/mol. The van der Waals surface area contributed by atoms with Crippen molar-refractivity contribution in [2.24, 2.45) is 0 Å². The molecule has 0 aliphatic rings. The van der Waals surface area contributed by atoms with Gasteiger partial charge in [-0.25, -0.2) is 4.98 Å². The largest absolute Gasteiger partial charge is 0.296 e. The van der Waals surface area contributed by atoms with Crippen LogP contribution in [0.15, 0.2) is 36.5 Å². The summed E-state index contributed by atoms with van der Waals surface area (Å²) in [5, 5.41) is 0. The topological polar surface area (TPSA) is 34.4 Å². The predicted octanol–water partition coefficient (Wildman–Crippen LogP) is 3.53. The van der Waals surface area contributed by atoms with Crippen LogP contribution in [0.2, 0.25) is 4.34 Å². The number of rotatable bonds is 2. The lowest BCUT2D eigenvalue weighted by atomic mass is 10.3. The molecule has 3 aromatic heterocycles. The van der Waals surface area contributed by atoms with Gasteiger partial charge >= 0.3 is 0 Å². The van der Waals surface area contributed by atoms with E-state index in [1.165, 1.54) is 11.3 Å². The molecule has 5 heteroatoms. The molecule has 0 fully saturated rings. The van der Waals surface area contributed by atoms with E-state index in [2.05, 4.69) is 4.98 Å². The Balaban J connectivity index is 2.33. The van der Waals surface area contributed by atoms with E-state index in [0.717, 1.165) is 22.5 Å². The molecule has 3 aromatic rings. The summed E-state index contributed by atoms with van der Waals surface area (Å²) in [6.45, 7) is 0. The van der Waals surface area contributed by atoms with E-state index in [-0.39, 0.29) is 0 Å². The van der Waals surface area contributed by atoms with Gasteiger partial charge in [0.25, 0.3) is 0 Å². The molecule has 17 heavy (non-hydrogen) atoms. The van der Waals surface area contributed by atoms with Crippen molar-refractivity contribution < 1.29 is 4.79 Å². The number of thiophene rings is 1. The molecule has 0 aromatic carbocycles. The fourth-order valence-corrected chi connectivity index (χ4v) is 2.80. The SMILES string of the molecule is O=Cc1cccc2cnc(-c3ccc(Cl)s3)n12. The second kappa shape index (κ2) is 3.98. The number of imidazole rings is 1. The monoisotopic (exact) mass is 262 g/mol. The molecule has 0 unspecified atom stereocenters. The molecule has 0 saturated heterocycles. The Bertz CT molecular complexity index is 701. The quantitative estimate of drug-likeness (QED) is 0.662. The lowest BCUT2D eigenvalue weighted by Gasteiger charge is -2.01. The predicted molar refractivity (Wildman–Crippen MR) is 68.9 cm³/mol. The minimum absolute atomic E-state index is 0.583. The summed E-state index contributed by atoms with van der Waals surface area (Å²) < 4.78 is 2.54. The van der Waals surface area contributed by atoms with Gasteiger partial charge in [0.05, 0.1) is 26.6 Å². The van der Waals surface area contributed by atoms with E-state index >= 15 is 0 Å². The van der Waals surface area contributed by atoms with Crippen molar-refractivity contribution in [2.45, 2.75) is 0 Å². The Labute approximate surface area is 106 Å². The van der Waals surface area contributed by atoms with E-state index < -0.39 is 0 Å². The molecule has 84 valence electrons. The second-order valence-electron chi connectivity index (χ2n) is 3.51. The summed E-state index contributed by atoms with van der Waals surface area (Å²) in [6.07, 6.45) is 2.57. The third-order valence-electron chi connectivity index (χ3n) is 2.50. The lowest BCUT2D eigenvalue weighted by molar-refractivity contribution is 0.111. The van der Waals surface area contributed by atoms with Crippen molar-refractivity contribution in [3.8, 4) is 10.7 Å². The van der Waals surface area contributed by atoms with Crippen molar-refractivity contribution in [3.63, 3.8) is 0 Å². The Morgan fingerprint density at radius 3 is 2.88 bits per heavy atom. The highest BCUT2D eigenvalue weighted by atomic mass is 35.5. The molecule has 0 saturated carbocycles. The van der Waals surface area contributed by atoms with Crippen LogP contribution in [0.3, 0.4) is 0 Å². The molecular formula is C12H7ClN2OS. The number of aldehydes is 1. The van der Waals surface area contributed by atoms with Gasteiger partial charge in [-0.1, -0.05) is 17.7 Å². The van der Waals surface area contributed by atoms with Crippen molar-refractivity contribution in [3.05, 3.63) is 46.6 Å². The van der Waals surface area contributed by atoms with Crippen LogP contribution in [0, 0.1) is 0 Å². The first kappa shape index (κ1) is 10.5. The molecule has 0 aliphatic heterocycles. The van der Waals surface area contributed by atoms with Crippen molar-refractivity contribution >= 4 is 34.7 Å². The third kappa shape index (κ3) is 1.66. The van der Waals surface area contributed by atoms with Gasteiger partial charge < -0.3 is 0 Å². The smallest absolute Gasteiger partial charge is 0.166 e. The van der Waals surface area contributed by atoms with Crippen molar-refractivity contribution in [1.29, 1.82) is 0 Å². The first-order valence-corrected chi connectivity index (χ1v) is 6.16. The van der Waals surface area contributed by atoms with E-state index in [0.29, 0.717) is 10.0 Å². The maximum absolute atomic E-state index is 11.0. The lowest BCUT2D eigenvalue weighted by Crippen LogP contribution is -1.96. The third-order valence-corrected chi connectivity index (χ3v) is 3.72. The molecular weight excluding hydrogens is 256 g/mol. The maximum Gasteiger partial charge on any atom is 0.166 e. The summed E-state index contributed by atoms with van der Waals surface area (Å²) in [6, 6.07) is 9.25. The number of nitrogens with zero attached hydrogens (tertiary/aromatic N) is 2. The highest BCUT2D eigenvalue weighted by Crippen LogP contribution is 2.30. The van der Waals surface area contributed by atoms with Crippen LogP contribution in [-0.4, -0.2) is 15.7 Å². The van der Waals surface area contributed by atoms with Gasteiger partial charge in [-0.15, -0.1) is 11.3 Å². The average Bonchev–Trinajstić information content (AvgIpc) is 2.94. The summed E-state index contributed by atoms with van der Waals surface area (Å²) in [7, 11) is 0. The molecule has 3 rings (SSSR count). The molecule has 0 spiro atoms. The molecule has 3 nitrogen and oxygen atoms in total. The standard InChI is InChI=1S/C12H7ClN2OS/c13-11-5-4-10(17-11)12-14-6-8-2-1-3-9(7-16)15(8)12/h1-7H. The van der Waals surface area contributed by atoms with Gasteiger partial charge in [0.15, 0.2) is 12.1 Å². The fraction of sp³-hybridized carbons (Fsp3) is 0. The van der Waals surface area contributed by atoms with E-state index in [1.54, 1.807) is 12.3 Å². The van der Waals surface area contributed by atoms with Crippen LogP contribution in [-0.2, 0) is 0 Å². The summed E-state index contributed by atoms with van der Waals surface area (Å²) in [5.74, 6) is 0.750. The van der Waals surface area contributed by atoms with Gasteiger partial charge in [-0.2, -0.15) is 0 Å². The van der Waals surface area contributed by atoms with Crippen LogP contribution < -0.4 is 0 Å². The summed E-state index contributed by atoms with van der Waals surface area (Å²) in [4.78, 5) is 16.3. The molecule has 0 aliphatic carbocycles. The number of fused-ring (bicyclic) bond motifs is 1. The minimum Gasteiger partial charge on any atom is -0.296 e. The van der Waals surface area contributed by atoms with Gasteiger partial charge in [0, 0.05) is 0 Å². The van der Waals surface area contributed by atoms with Crippen molar-refractivity contribution in [2.75, 3.05) is 0 Å². The number of hydrogen-bond donors (Lipinski definition) is 0. The number of carbonyl (C=O) groups is 1. The number of halogens is 1. The Morgan fingerprint density at radius 1 is 1.29 bits per heavy atom. The highest BCUT2D eigenvalue weighted by Gasteiger charge is 2.11. The zero-order valence-corrected chi connectivity index (χ0v) is 10.2. The normalized spacial score (nSPS) is 10.9. The molecule has 0 N–H and O–H groups in total. The molecule has 0 atom stereocenters. The summed E-state index contributed by atoms with van der Waals surface area (Å²) in [5.41, 5.74) is 1.48. The summed E-state index contributed by atoms with van der Waals surface area (Å²) >= 11 is 7.36. The van der Waals surface area contributed by atoms with E-state index in [9.17, 15) is 4.79 Å². The van der Waals surface area contributed by atoms with E-state index in [1.807, 2.05) is 28.7 Å². The number of carbonyl (C=O) groups excluding carboxylic acids is 1. The second-order valence-corrected chi connectivity index (χ2v) is 5.23. The van der Waals surface area contributed by atoms with Crippen molar-refractivity contribution in [1.82, 2.24) is 9.38 Å². The minimum atomic E-state index is 0.583. The fourth-order valence-electron chi connectivity index (χ4n) is 1.77. The molecule has 0 radical (unpaired) electrons. The van der Waals surface area contributed by atoms with Crippen LogP contribution in [0.5, 0.6) is 0 Å². The van der Waals surface area contributed by atoms with Gasteiger partial charge in [-0.05, 0) is 24.3 Å². The highest BCUT2D eigenvalue weighted by molar-refractivity contribution is 7.19. The van der Waals surface area contributed by atoms with Gasteiger partial charge in [0.1, 0.15) is 0 Å². The molecule has 0 bridgehead atoms. The first-order chi connectivity index (χ1) is 8.29. The first-order valence-electron chi connectivity index (χ1n) is 4.97. The van der Waals surface area contributed by atoms with Gasteiger partial charge in [-0.3, -0.25) is 9.20 Å². The number of hydrogen-bond acceptors (Lipinski definition) is 3. The Hall–Kier alpha value is -1.65. The molecule has 0 amide bonds. The van der Waals surface area contributed by atoms with Crippen LogP contribution >= 0.6 is 22.9 Å². The maximum atomic E-state index is 11.0. The Kier molecular flexibility index (Phi) is 2.46.